The molecule has 1 saturated carbocycles. The number of fused-ring (bicyclic) bond motifs is 1. The van der Waals surface area contributed by atoms with Crippen LogP contribution in [0.1, 0.15) is 38.3 Å². The second-order valence-corrected chi connectivity index (χ2v) is 9.19. The molecule has 5 nitrogen and oxygen atoms in total. The van der Waals surface area contributed by atoms with Crippen LogP contribution in [-0.2, 0) is 23.1 Å². The van der Waals surface area contributed by atoms with E-state index in [0.717, 1.165) is 32.0 Å². The summed E-state index contributed by atoms with van der Waals surface area (Å²) in [6.45, 7) is 6.53. The van der Waals surface area contributed by atoms with Gasteiger partial charge in [-0.15, -0.1) is 0 Å². The average Bonchev–Trinajstić information content (AvgIpc) is 2.82. The van der Waals surface area contributed by atoms with Crippen molar-refractivity contribution in [3.8, 4) is 0 Å². The first-order chi connectivity index (χ1) is 11.1. The summed E-state index contributed by atoms with van der Waals surface area (Å²) in [6.07, 6.45) is 7.19. The Balaban J connectivity index is 1.59. The average molecular weight is 340 g/mol. The Bertz CT molecular complexity index is 607. The lowest BCUT2D eigenvalue weighted by Crippen LogP contribution is -2.36. The minimum absolute atomic E-state index is 0.160. The fraction of sp³-hybridized carbons (Fsp3) is 0.765. The number of nitrogens with one attached hydrogen (secondary N) is 1. The van der Waals surface area contributed by atoms with E-state index < -0.39 is 10.0 Å². The van der Waals surface area contributed by atoms with Gasteiger partial charge < -0.3 is 4.57 Å². The van der Waals surface area contributed by atoms with Crippen molar-refractivity contribution in [3.05, 3.63) is 24.0 Å². The molecule has 1 aromatic rings. The lowest BCUT2D eigenvalue weighted by molar-refractivity contribution is 0.153. The van der Waals surface area contributed by atoms with Crippen LogP contribution in [0, 0.1) is 11.8 Å². The Hall–Kier alpha value is -0.850. The molecule has 2 heterocycles. The van der Waals surface area contributed by atoms with Gasteiger partial charge in [0.05, 0.1) is 5.75 Å². The highest BCUT2D eigenvalue weighted by atomic mass is 32.2. The molecule has 23 heavy (non-hydrogen) atoms. The van der Waals surface area contributed by atoms with Gasteiger partial charge in [-0.05, 0) is 50.2 Å². The first-order valence-corrected chi connectivity index (χ1v) is 10.5. The van der Waals surface area contributed by atoms with Crippen LogP contribution in [0.5, 0.6) is 0 Å². The Morgan fingerprint density at radius 1 is 1.26 bits per heavy atom. The predicted molar refractivity (Wildman–Crippen MR) is 92.6 cm³/mol. The van der Waals surface area contributed by atoms with Crippen LogP contribution >= 0.6 is 0 Å². The molecule has 1 atom stereocenters. The van der Waals surface area contributed by atoms with Crippen LogP contribution < -0.4 is 4.72 Å². The Labute approximate surface area is 140 Å². The third-order valence-corrected chi connectivity index (χ3v) is 6.68. The monoisotopic (exact) mass is 339 g/mol. The van der Waals surface area contributed by atoms with Crippen LogP contribution in [0.15, 0.2) is 18.3 Å². The van der Waals surface area contributed by atoms with Crippen LogP contribution in [0.25, 0.3) is 0 Å². The summed E-state index contributed by atoms with van der Waals surface area (Å²) in [7, 11) is -3.08. The highest BCUT2D eigenvalue weighted by Crippen LogP contribution is 2.29. The highest BCUT2D eigenvalue weighted by Gasteiger charge is 2.26. The third-order valence-electron chi connectivity index (χ3n) is 5.28. The molecule has 1 aliphatic carbocycles. The summed E-state index contributed by atoms with van der Waals surface area (Å²) in [6, 6.07) is 4.34. The second kappa shape index (κ2) is 7.36. The van der Waals surface area contributed by atoms with Gasteiger partial charge in [-0.2, -0.15) is 0 Å². The maximum absolute atomic E-state index is 11.6. The maximum Gasteiger partial charge on any atom is 0.211 e. The van der Waals surface area contributed by atoms with Crippen molar-refractivity contribution in [2.75, 3.05) is 25.4 Å². The number of nitrogens with zero attached hydrogens (tertiary/aromatic N) is 2. The zero-order valence-electron chi connectivity index (χ0n) is 14.1. The van der Waals surface area contributed by atoms with Gasteiger partial charge in [0.2, 0.25) is 10.0 Å². The van der Waals surface area contributed by atoms with Crippen LogP contribution in [0.3, 0.4) is 0 Å². The Kier molecular flexibility index (Phi) is 5.44. The molecule has 2 aliphatic rings. The van der Waals surface area contributed by atoms with Gasteiger partial charge in [-0.3, -0.25) is 4.90 Å². The van der Waals surface area contributed by atoms with E-state index in [-0.39, 0.29) is 5.75 Å². The maximum atomic E-state index is 11.6. The van der Waals surface area contributed by atoms with Crippen molar-refractivity contribution < 1.29 is 8.42 Å². The zero-order chi connectivity index (χ0) is 16.3. The molecule has 1 aliphatic heterocycles. The van der Waals surface area contributed by atoms with Gasteiger partial charge in [0.25, 0.3) is 0 Å². The largest absolute Gasteiger partial charge is 0.350 e. The van der Waals surface area contributed by atoms with Gasteiger partial charge in [0.15, 0.2) is 0 Å². The van der Waals surface area contributed by atoms with E-state index in [2.05, 4.69) is 32.5 Å². The molecule has 0 spiro atoms. The molecule has 3 rings (SSSR count). The quantitative estimate of drug-likeness (QED) is 0.827. The zero-order valence-corrected chi connectivity index (χ0v) is 14.9. The molecule has 1 N–H and O–H groups in total. The number of sulfonamides is 1. The fourth-order valence-corrected chi connectivity index (χ4v) is 4.28. The first kappa shape index (κ1) is 17.0. The summed E-state index contributed by atoms with van der Waals surface area (Å²) in [4.78, 5) is 2.58. The molecule has 0 amide bonds. The van der Waals surface area contributed by atoms with Crippen molar-refractivity contribution in [1.82, 2.24) is 14.2 Å². The first-order valence-electron chi connectivity index (χ1n) is 8.89. The van der Waals surface area contributed by atoms with Gasteiger partial charge >= 0.3 is 0 Å². The second-order valence-electron chi connectivity index (χ2n) is 7.10. The van der Waals surface area contributed by atoms with Gasteiger partial charge in [0.1, 0.15) is 0 Å². The minimum atomic E-state index is -3.08. The normalized spacial score (nSPS) is 23.3. The summed E-state index contributed by atoms with van der Waals surface area (Å²) < 4.78 is 28.3. The number of hydrogen-bond donors (Lipinski definition) is 1. The van der Waals surface area contributed by atoms with Crippen LogP contribution in [0.2, 0.25) is 0 Å². The van der Waals surface area contributed by atoms with E-state index in [1.54, 1.807) is 6.92 Å². The van der Waals surface area contributed by atoms with E-state index in [1.807, 2.05) is 0 Å². The minimum Gasteiger partial charge on any atom is -0.350 e. The Morgan fingerprint density at radius 2 is 2.09 bits per heavy atom. The van der Waals surface area contributed by atoms with Crippen molar-refractivity contribution in [2.24, 2.45) is 11.8 Å². The fourth-order valence-electron chi connectivity index (χ4n) is 3.65. The third kappa shape index (κ3) is 4.58. The van der Waals surface area contributed by atoms with Crippen LogP contribution in [-0.4, -0.2) is 43.3 Å². The van der Waals surface area contributed by atoms with E-state index in [0.29, 0.717) is 12.5 Å². The smallest absolute Gasteiger partial charge is 0.211 e. The van der Waals surface area contributed by atoms with Crippen molar-refractivity contribution >= 4 is 10.0 Å². The van der Waals surface area contributed by atoms with Gasteiger partial charge in [-0.1, -0.05) is 6.42 Å². The molecular formula is C17H29N3O2S. The SMILES string of the molecule is CCS(=O)(=O)NCC[C@@H]1CN(CC2CCC2)Cc2cccn2C1. The van der Waals surface area contributed by atoms with E-state index >= 15 is 0 Å². The molecular weight excluding hydrogens is 310 g/mol. The van der Waals surface area contributed by atoms with Crippen molar-refractivity contribution in [3.63, 3.8) is 0 Å². The van der Waals surface area contributed by atoms with Crippen molar-refractivity contribution in [1.29, 1.82) is 0 Å². The van der Waals surface area contributed by atoms with E-state index in [1.165, 1.54) is 31.5 Å². The van der Waals surface area contributed by atoms with E-state index in [4.69, 9.17) is 0 Å². The summed E-state index contributed by atoms with van der Waals surface area (Å²) in [5.74, 6) is 1.53. The molecule has 0 radical (unpaired) electrons. The molecule has 1 fully saturated rings. The number of rotatable bonds is 7. The predicted octanol–water partition coefficient (Wildman–Crippen LogP) is 2.05. The Morgan fingerprint density at radius 3 is 2.78 bits per heavy atom. The van der Waals surface area contributed by atoms with Crippen molar-refractivity contribution in [2.45, 2.75) is 45.7 Å². The number of hydrogen-bond acceptors (Lipinski definition) is 3. The lowest BCUT2D eigenvalue weighted by Gasteiger charge is -2.32. The van der Waals surface area contributed by atoms with Gasteiger partial charge in [-0.25, -0.2) is 13.1 Å². The van der Waals surface area contributed by atoms with E-state index in [9.17, 15) is 8.42 Å². The van der Waals surface area contributed by atoms with Crippen LogP contribution in [0.4, 0.5) is 0 Å². The summed E-state index contributed by atoms with van der Waals surface area (Å²) in [5.41, 5.74) is 1.39. The number of aromatic nitrogens is 1. The molecule has 0 bridgehead atoms. The standard InChI is InChI=1S/C17H29N3O2S/c1-2-23(21,22)18-9-8-16-12-19(11-15-5-3-6-15)14-17-7-4-10-20(17)13-16/h4,7,10,15-16,18H,2-3,5-6,8-9,11-14H2,1H3/t16-/m1/s1. The molecule has 0 unspecified atom stereocenters. The topological polar surface area (TPSA) is 54.3 Å². The molecule has 6 heteroatoms. The molecule has 1 aromatic heterocycles. The highest BCUT2D eigenvalue weighted by molar-refractivity contribution is 7.89. The molecule has 130 valence electrons. The lowest BCUT2D eigenvalue weighted by atomic mass is 9.85. The summed E-state index contributed by atoms with van der Waals surface area (Å²) >= 11 is 0. The van der Waals surface area contributed by atoms with Gasteiger partial charge in [0, 0.05) is 44.6 Å². The molecule has 0 saturated heterocycles. The molecule has 0 aromatic carbocycles. The summed E-state index contributed by atoms with van der Waals surface area (Å²) in [5, 5.41) is 0.